The average Bonchev–Trinajstić information content (AvgIpc) is 3.32. The topological polar surface area (TPSA) is 38.1 Å². The van der Waals surface area contributed by atoms with Crippen molar-refractivity contribution in [3.8, 4) is 0 Å². The fourth-order valence-electron chi connectivity index (χ4n) is 4.38. The van der Waals surface area contributed by atoms with Crippen molar-refractivity contribution < 1.29 is 4.79 Å². The third-order valence-corrected chi connectivity index (χ3v) is 6.07. The van der Waals surface area contributed by atoms with Gasteiger partial charge in [0.1, 0.15) is 5.82 Å². The third kappa shape index (κ3) is 4.07. The van der Waals surface area contributed by atoms with Gasteiger partial charge in [-0.15, -0.1) is 0 Å². The van der Waals surface area contributed by atoms with Crippen molar-refractivity contribution in [1.82, 2.24) is 9.55 Å². The predicted molar refractivity (Wildman–Crippen MR) is 119 cm³/mol. The molecule has 1 unspecified atom stereocenters. The number of carbonyl (C=O) groups is 1. The molecule has 2 heterocycles. The third-order valence-electron chi connectivity index (χ3n) is 6.07. The second-order valence-electron chi connectivity index (χ2n) is 8.10. The van der Waals surface area contributed by atoms with Gasteiger partial charge in [-0.2, -0.15) is 0 Å². The molecule has 1 aromatic heterocycles. The molecule has 3 aromatic rings. The van der Waals surface area contributed by atoms with Crippen LogP contribution >= 0.6 is 0 Å². The second kappa shape index (κ2) is 8.81. The summed E-state index contributed by atoms with van der Waals surface area (Å²) >= 11 is 0. The molecule has 0 aliphatic carbocycles. The Balaban J connectivity index is 1.59. The van der Waals surface area contributed by atoms with Gasteiger partial charge in [0, 0.05) is 31.1 Å². The van der Waals surface area contributed by atoms with Gasteiger partial charge in [0.05, 0.1) is 11.0 Å². The van der Waals surface area contributed by atoms with Crippen molar-refractivity contribution >= 4 is 22.6 Å². The standard InChI is InChI=1S/C25H31N3O/c1-3-5-6-9-16-27-23-11-8-7-10-22(23)26-25(27)20-17-24(29)28(18-20)21-14-12-19(4-2)13-15-21/h7-8,10-15,20H,3-6,9,16-18H2,1-2H3. The Hall–Kier alpha value is -2.62. The molecule has 2 aromatic carbocycles. The van der Waals surface area contributed by atoms with Gasteiger partial charge in [0.15, 0.2) is 0 Å². The van der Waals surface area contributed by atoms with Crippen LogP contribution in [0.3, 0.4) is 0 Å². The second-order valence-corrected chi connectivity index (χ2v) is 8.10. The van der Waals surface area contributed by atoms with Gasteiger partial charge in [-0.3, -0.25) is 4.79 Å². The van der Waals surface area contributed by atoms with Crippen LogP contribution in [0, 0.1) is 0 Å². The summed E-state index contributed by atoms with van der Waals surface area (Å²) in [6.45, 7) is 6.08. The van der Waals surface area contributed by atoms with Crippen molar-refractivity contribution in [1.29, 1.82) is 0 Å². The summed E-state index contributed by atoms with van der Waals surface area (Å²) in [6.07, 6.45) is 6.45. The Bertz CT molecular complexity index is 973. The van der Waals surface area contributed by atoms with Crippen LogP contribution in [-0.2, 0) is 17.8 Å². The van der Waals surface area contributed by atoms with Gasteiger partial charge in [-0.05, 0) is 42.7 Å². The smallest absolute Gasteiger partial charge is 0.227 e. The lowest BCUT2D eigenvalue weighted by atomic mass is 10.1. The van der Waals surface area contributed by atoms with E-state index in [1.165, 1.54) is 30.3 Å². The van der Waals surface area contributed by atoms with E-state index in [1.54, 1.807) is 0 Å². The summed E-state index contributed by atoms with van der Waals surface area (Å²) < 4.78 is 2.37. The van der Waals surface area contributed by atoms with Gasteiger partial charge >= 0.3 is 0 Å². The Labute approximate surface area is 173 Å². The number of anilines is 1. The number of benzene rings is 2. The lowest BCUT2D eigenvalue weighted by molar-refractivity contribution is -0.117. The first-order valence-electron chi connectivity index (χ1n) is 11.1. The SMILES string of the molecule is CCCCCCn1c(C2CC(=O)N(c3ccc(CC)cc3)C2)nc2ccccc21. The van der Waals surface area contributed by atoms with Crippen molar-refractivity contribution in [2.45, 2.75) is 64.8 Å². The number of hydrogen-bond donors (Lipinski definition) is 0. The van der Waals surface area contributed by atoms with Crippen LogP contribution in [0.1, 0.15) is 63.3 Å². The first-order chi connectivity index (χ1) is 14.2. The minimum atomic E-state index is 0.145. The molecule has 0 bridgehead atoms. The number of unbranched alkanes of at least 4 members (excludes halogenated alkanes) is 3. The maximum atomic E-state index is 12.8. The zero-order chi connectivity index (χ0) is 20.2. The van der Waals surface area contributed by atoms with E-state index in [4.69, 9.17) is 4.98 Å². The molecule has 1 fully saturated rings. The normalized spacial score (nSPS) is 16.8. The zero-order valence-electron chi connectivity index (χ0n) is 17.6. The summed E-state index contributed by atoms with van der Waals surface area (Å²) in [5.41, 5.74) is 4.53. The molecular formula is C25H31N3O. The van der Waals surface area contributed by atoms with Crippen LogP contribution in [0.4, 0.5) is 5.69 Å². The van der Waals surface area contributed by atoms with Gasteiger partial charge in [0.25, 0.3) is 0 Å². The van der Waals surface area contributed by atoms with Gasteiger partial charge in [-0.1, -0.05) is 57.4 Å². The molecule has 152 valence electrons. The lowest BCUT2D eigenvalue weighted by Gasteiger charge is -2.18. The van der Waals surface area contributed by atoms with Crippen LogP contribution in [0.2, 0.25) is 0 Å². The monoisotopic (exact) mass is 389 g/mol. The molecule has 1 aliphatic rings. The quantitative estimate of drug-likeness (QED) is 0.464. The molecule has 0 spiro atoms. The minimum Gasteiger partial charge on any atom is -0.328 e. The molecule has 4 nitrogen and oxygen atoms in total. The van der Waals surface area contributed by atoms with E-state index in [1.807, 2.05) is 11.0 Å². The molecule has 1 amide bonds. The number of rotatable bonds is 8. The Kier molecular flexibility index (Phi) is 5.98. The molecule has 1 aliphatic heterocycles. The number of hydrogen-bond acceptors (Lipinski definition) is 2. The maximum Gasteiger partial charge on any atom is 0.227 e. The summed E-state index contributed by atoms with van der Waals surface area (Å²) in [6, 6.07) is 16.8. The van der Waals surface area contributed by atoms with E-state index in [0.29, 0.717) is 13.0 Å². The number of aryl methyl sites for hydroxylation is 2. The van der Waals surface area contributed by atoms with Crippen molar-refractivity contribution in [3.05, 3.63) is 59.9 Å². The van der Waals surface area contributed by atoms with E-state index in [-0.39, 0.29) is 11.8 Å². The highest BCUT2D eigenvalue weighted by Crippen LogP contribution is 2.33. The van der Waals surface area contributed by atoms with Crippen molar-refractivity contribution in [3.63, 3.8) is 0 Å². The van der Waals surface area contributed by atoms with Gasteiger partial charge in [0.2, 0.25) is 5.91 Å². The van der Waals surface area contributed by atoms with Gasteiger partial charge in [-0.25, -0.2) is 4.98 Å². The highest BCUT2D eigenvalue weighted by molar-refractivity contribution is 5.96. The molecule has 1 atom stereocenters. The number of nitrogens with zero attached hydrogens (tertiary/aromatic N) is 3. The summed E-state index contributed by atoms with van der Waals surface area (Å²) in [7, 11) is 0. The van der Waals surface area contributed by atoms with Crippen LogP contribution in [0.25, 0.3) is 11.0 Å². The van der Waals surface area contributed by atoms with E-state index in [9.17, 15) is 4.79 Å². The highest BCUT2D eigenvalue weighted by atomic mass is 16.2. The number of amides is 1. The Morgan fingerprint density at radius 2 is 1.79 bits per heavy atom. The molecule has 1 saturated heterocycles. The van der Waals surface area contributed by atoms with Crippen molar-refractivity contribution in [2.24, 2.45) is 0 Å². The fraction of sp³-hybridized carbons (Fsp3) is 0.440. The van der Waals surface area contributed by atoms with Crippen LogP contribution in [-0.4, -0.2) is 22.0 Å². The van der Waals surface area contributed by atoms with Crippen LogP contribution < -0.4 is 4.90 Å². The van der Waals surface area contributed by atoms with Crippen LogP contribution in [0.15, 0.2) is 48.5 Å². The van der Waals surface area contributed by atoms with E-state index >= 15 is 0 Å². The van der Waals surface area contributed by atoms with Gasteiger partial charge < -0.3 is 9.47 Å². The number of aromatic nitrogens is 2. The Morgan fingerprint density at radius 3 is 2.55 bits per heavy atom. The number of imidazole rings is 1. The zero-order valence-corrected chi connectivity index (χ0v) is 17.6. The first-order valence-corrected chi connectivity index (χ1v) is 11.1. The summed E-state index contributed by atoms with van der Waals surface area (Å²) in [4.78, 5) is 19.7. The largest absolute Gasteiger partial charge is 0.328 e. The summed E-state index contributed by atoms with van der Waals surface area (Å²) in [5, 5.41) is 0. The minimum absolute atomic E-state index is 0.145. The molecule has 0 N–H and O–H groups in total. The van der Waals surface area contributed by atoms with E-state index in [0.717, 1.165) is 36.4 Å². The summed E-state index contributed by atoms with van der Waals surface area (Å²) in [5.74, 6) is 1.42. The molecule has 4 rings (SSSR count). The molecule has 4 heteroatoms. The lowest BCUT2D eigenvalue weighted by Crippen LogP contribution is -2.24. The fourth-order valence-corrected chi connectivity index (χ4v) is 4.38. The van der Waals surface area contributed by atoms with E-state index in [2.05, 4.69) is 60.9 Å². The molecule has 0 saturated carbocycles. The Morgan fingerprint density at radius 1 is 1.00 bits per heavy atom. The molecule has 29 heavy (non-hydrogen) atoms. The molecular weight excluding hydrogens is 358 g/mol. The average molecular weight is 390 g/mol. The highest BCUT2D eigenvalue weighted by Gasteiger charge is 2.34. The van der Waals surface area contributed by atoms with E-state index < -0.39 is 0 Å². The molecule has 0 radical (unpaired) electrons. The first kappa shape index (κ1) is 19.7. The van der Waals surface area contributed by atoms with Crippen molar-refractivity contribution in [2.75, 3.05) is 11.4 Å². The predicted octanol–water partition coefficient (Wildman–Crippen LogP) is 5.70. The number of fused-ring (bicyclic) bond motifs is 1. The van der Waals surface area contributed by atoms with Crippen LogP contribution in [0.5, 0.6) is 0 Å². The maximum absolute atomic E-state index is 12.8. The number of carbonyl (C=O) groups excluding carboxylic acids is 1. The number of para-hydroxylation sites is 2.